The van der Waals surface area contributed by atoms with Crippen LogP contribution in [-0.4, -0.2) is 11.0 Å². The second-order valence-electron chi connectivity index (χ2n) is 4.81. The molecule has 1 aromatic carbocycles. The molecule has 20 heavy (non-hydrogen) atoms. The molecule has 1 aromatic heterocycles. The van der Waals surface area contributed by atoms with Gasteiger partial charge >= 0.3 is 0 Å². The van der Waals surface area contributed by atoms with Gasteiger partial charge in [0.25, 0.3) is 0 Å². The molecule has 0 spiro atoms. The summed E-state index contributed by atoms with van der Waals surface area (Å²) in [5.41, 5.74) is 0.912. The van der Waals surface area contributed by atoms with Crippen molar-refractivity contribution in [2.24, 2.45) is 0 Å². The fraction of sp³-hybridized carbons (Fsp3) is 0.267. The molecular formula is C15H14BrFN2O. The quantitative estimate of drug-likeness (QED) is 0.895. The number of para-hydroxylation sites is 1. The Morgan fingerprint density at radius 2 is 2.15 bits per heavy atom. The maximum absolute atomic E-state index is 13.6. The zero-order chi connectivity index (χ0) is 13.9. The van der Waals surface area contributed by atoms with Gasteiger partial charge in [-0.25, -0.2) is 9.37 Å². The third-order valence-corrected chi connectivity index (χ3v) is 3.53. The third-order valence-electron chi connectivity index (χ3n) is 3.09. The molecule has 3 rings (SSSR count). The number of aromatic nitrogens is 1. The van der Waals surface area contributed by atoms with Crippen LogP contribution in [0.4, 0.5) is 4.39 Å². The van der Waals surface area contributed by atoms with Crippen LogP contribution in [0, 0.1) is 5.82 Å². The summed E-state index contributed by atoms with van der Waals surface area (Å²) in [5.74, 6) is 0.236. The van der Waals surface area contributed by atoms with E-state index in [9.17, 15) is 4.39 Å². The lowest BCUT2D eigenvalue weighted by Gasteiger charge is -2.11. The van der Waals surface area contributed by atoms with E-state index in [-0.39, 0.29) is 5.75 Å². The van der Waals surface area contributed by atoms with Crippen molar-refractivity contribution in [1.29, 1.82) is 0 Å². The van der Waals surface area contributed by atoms with Gasteiger partial charge in [0.2, 0.25) is 5.88 Å². The molecule has 2 aromatic rings. The molecule has 5 heteroatoms. The predicted molar refractivity (Wildman–Crippen MR) is 78.3 cm³/mol. The highest BCUT2D eigenvalue weighted by molar-refractivity contribution is 9.10. The number of hydrogen-bond acceptors (Lipinski definition) is 3. The Kier molecular flexibility index (Phi) is 3.98. The van der Waals surface area contributed by atoms with E-state index in [1.165, 1.54) is 18.9 Å². The van der Waals surface area contributed by atoms with Crippen molar-refractivity contribution < 1.29 is 9.13 Å². The van der Waals surface area contributed by atoms with Gasteiger partial charge in [0.15, 0.2) is 11.6 Å². The van der Waals surface area contributed by atoms with Crippen LogP contribution < -0.4 is 10.1 Å². The molecule has 0 bridgehead atoms. The van der Waals surface area contributed by atoms with Gasteiger partial charge in [-0.15, -0.1) is 0 Å². The van der Waals surface area contributed by atoms with E-state index < -0.39 is 5.82 Å². The molecule has 0 atom stereocenters. The number of halogens is 2. The van der Waals surface area contributed by atoms with Crippen LogP contribution in [0.1, 0.15) is 18.4 Å². The molecule has 1 heterocycles. The van der Waals surface area contributed by atoms with Crippen molar-refractivity contribution in [1.82, 2.24) is 10.3 Å². The molecule has 1 saturated carbocycles. The minimum atomic E-state index is -0.390. The Balaban J connectivity index is 1.82. The van der Waals surface area contributed by atoms with E-state index >= 15 is 0 Å². The van der Waals surface area contributed by atoms with Gasteiger partial charge in [0, 0.05) is 28.8 Å². The summed E-state index contributed by atoms with van der Waals surface area (Å²) >= 11 is 3.40. The molecule has 3 nitrogen and oxygen atoms in total. The molecule has 1 fully saturated rings. The Morgan fingerprint density at radius 1 is 1.35 bits per heavy atom. The summed E-state index contributed by atoms with van der Waals surface area (Å²) in [7, 11) is 0. The van der Waals surface area contributed by atoms with Crippen molar-refractivity contribution >= 4 is 15.9 Å². The Bertz CT molecular complexity index is 617. The number of ether oxygens (including phenoxy) is 1. The minimum Gasteiger partial charge on any atom is -0.436 e. The molecule has 0 saturated heterocycles. The van der Waals surface area contributed by atoms with Gasteiger partial charge in [-0.1, -0.05) is 12.1 Å². The van der Waals surface area contributed by atoms with E-state index in [2.05, 4.69) is 26.2 Å². The molecule has 104 valence electrons. The molecular weight excluding hydrogens is 323 g/mol. The van der Waals surface area contributed by atoms with Crippen LogP contribution in [0.3, 0.4) is 0 Å². The summed E-state index contributed by atoms with van der Waals surface area (Å²) in [6.45, 7) is 0.668. The molecule has 0 radical (unpaired) electrons. The highest BCUT2D eigenvalue weighted by atomic mass is 79.9. The number of nitrogens with one attached hydrogen (secondary N) is 1. The van der Waals surface area contributed by atoms with Gasteiger partial charge in [0.05, 0.1) is 0 Å². The van der Waals surface area contributed by atoms with Crippen molar-refractivity contribution in [3.63, 3.8) is 0 Å². The van der Waals surface area contributed by atoms with Gasteiger partial charge in [0.1, 0.15) is 0 Å². The molecule has 0 aliphatic heterocycles. The van der Waals surface area contributed by atoms with Crippen LogP contribution in [0.5, 0.6) is 11.6 Å². The fourth-order valence-corrected chi connectivity index (χ4v) is 2.24. The minimum absolute atomic E-state index is 0.190. The van der Waals surface area contributed by atoms with Crippen LogP contribution in [0.15, 0.2) is 41.0 Å². The number of nitrogens with zero attached hydrogens (tertiary/aromatic N) is 1. The first kappa shape index (κ1) is 13.5. The summed E-state index contributed by atoms with van der Waals surface area (Å²) in [4.78, 5) is 4.24. The lowest BCUT2D eigenvalue weighted by Crippen LogP contribution is -2.16. The maximum atomic E-state index is 13.6. The van der Waals surface area contributed by atoms with Gasteiger partial charge < -0.3 is 10.1 Å². The molecule has 1 N–H and O–H groups in total. The number of rotatable bonds is 5. The second-order valence-corrected chi connectivity index (χ2v) is 5.72. The van der Waals surface area contributed by atoms with Crippen molar-refractivity contribution in [2.45, 2.75) is 25.4 Å². The van der Waals surface area contributed by atoms with Gasteiger partial charge in [-0.05, 0) is 47.0 Å². The molecule has 0 amide bonds. The zero-order valence-corrected chi connectivity index (χ0v) is 12.4. The van der Waals surface area contributed by atoms with Crippen molar-refractivity contribution in [3.8, 4) is 11.6 Å². The van der Waals surface area contributed by atoms with E-state index in [1.807, 2.05) is 6.07 Å². The van der Waals surface area contributed by atoms with Crippen LogP contribution >= 0.6 is 15.9 Å². The predicted octanol–water partition coefficient (Wildman–Crippen LogP) is 4.03. The number of benzene rings is 1. The van der Waals surface area contributed by atoms with Crippen molar-refractivity contribution in [2.75, 3.05) is 0 Å². The summed E-state index contributed by atoms with van der Waals surface area (Å²) in [5, 5.41) is 3.41. The first-order valence-electron chi connectivity index (χ1n) is 6.52. The second kappa shape index (κ2) is 5.89. The van der Waals surface area contributed by atoms with E-state index in [0.29, 0.717) is 18.5 Å². The highest BCUT2D eigenvalue weighted by Gasteiger charge is 2.21. The fourth-order valence-electron chi connectivity index (χ4n) is 1.86. The van der Waals surface area contributed by atoms with Gasteiger partial charge in [-0.3, -0.25) is 0 Å². The third kappa shape index (κ3) is 3.35. The van der Waals surface area contributed by atoms with E-state index in [1.54, 1.807) is 24.4 Å². The Morgan fingerprint density at radius 3 is 2.90 bits per heavy atom. The molecule has 1 aliphatic rings. The summed E-state index contributed by atoms with van der Waals surface area (Å²) < 4.78 is 20.1. The summed E-state index contributed by atoms with van der Waals surface area (Å²) in [6.07, 6.45) is 4.08. The SMILES string of the molecule is Fc1ccccc1Oc1ncc(Br)cc1CNC1CC1. The van der Waals surface area contributed by atoms with Crippen LogP contribution in [-0.2, 0) is 6.54 Å². The smallest absolute Gasteiger partial charge is 0.223 e. The largest absolute Gasteiger partial charge is 0.436 e. The maximum Gasteiger partial charge on any atom is 0.223 e. The summed E-state index contributed by atoms with van der Waals surface area (Å²) in [6, 6.07) is 8.87. The van der Waals surface area contributed by atoms with Gasteiger partial charge in [-0.2, -0.15) is 0 Å². The number of pyridine rings is 1. The van der Waals surface area contributed by atoms with E-state index in [4.69, 9.17) is 4.74 Å². The Hall–Kier alpha value is -1.46. The Labute approximate surface area is 125 Å². The average molecular weight is 337 g/mol. The number of hydrogen-bond donors (Lipinski definition) is 1. The lowest BCUT2D eigenvalue weighted by molar-refractivity contribution is 0.420. The topological polar surface area (TPSA) is 34.1 Å². The van der Waals surface area contributed by atoms with Crippen LogP contribution in [0.2, 0.25) is 0 Å². The monoisotopic (exact) mass is 336 g/mol. The zero-order valence-electron chi connectivity index (χ0n) is 10.8. The van der Waals surface area contributed by atoms with E-state index in [0.717, 1.165) is 10.0 Å². The first-order valence-corrected chi connectivity index (χ1v) is 7.32. The molecule has 1 aliphatic carbocycles. The van der Waals surface area contributed by atoms with Crippen molar-refractivity contribution in [3.05, 3.63) is 52.4 Å². The normalized spacial score (nSPS) is 14.3. The molecule has 0 unspecified atom stereocenters. The highest BCUT2D eigenvalue weighted by Crippen LogP contribution is 2.28. The van der Waals surface area contributed by atoms with Crippen LogP contribution in [0.25, 0.3) is 0 Å². The lowest BCUT2D eigenvalue weighted by atomic mass is 10.2. The standard InChI is InChI=1S/C15H14BrFN2O/c16-11-7-10(8-18-12-5-6-12)15(19-9-11)20-14-4-2-1-3-13(14)17/h1-4,7,9,12,18H,5-6,8H2. The average Bonchev–Trinajstić information content (AvgIpc) is 3.25. The first-order chi connectivity index (χ1) is 9.72.